The van der Waals surface area contributed by atoms with E-state index in [4.69, 9.17) is 22.3 Å². The van der Waals surface area contributed by atoms with Crippen molar-refractivity contribution in [2.24, 2.45) is 5.73 Å². The first-order chi connectivity index (χ1) is 11.3. The zero-order chi connectivity index (χ0) is 16.1. The van der Waals surface area contributed by atoms with Crippen molar-refractivity contribution < 1.29 is 0 Å². The summed E-state index contributed by atoms with van der Waals surface area (Å²) in [6.45, 7) is 1.81. The van der Waals surface area contributed by atoms with Gasteiger partial charge in [0.15, 0.2) is 0 Å². The van der Waals surface area contributed by atoms with Gasteiger partial charge in [0.1, 0.15) is 0 Å². The van der Waals surface area contributed by atoms with E-state index in [1.165, 1.54) is 54.4 Å². The van der Waals surface area contributed by atoms with Crippen molar-refractivity contribution in [1.29, 1.82) is 0 Å². The number of unbranched alkanes of at least 4 members (excludes halogenated alkanes) is 3. The standard InChI is InChI=1S/C19H26ClN3/c20-14-9-10-16-18(13-14)23-17-8-4-3-7-15(17)19(16)22-12-6-2-1-5-11-21/h9-10,13H,1-8,11-12,21H2,(H,22,23). The lowest BCUT2D eigenvalue weighted by Gasteiger charge is -2.22. The third-order valence-corrected chi connectivity index (χ3v) is 4.89. The van der Waals surface area contributed by atoms with E-state index in [9.17, 15) is 0 Å². The van der Waals surface area contributed by atoms with Gasteiger partial charge in [0.25, 0.3) is 0 Å². The summed E-state index contributed by atoms with van der Waals surface area (Å²) >= 11 is 6.16. The molecule has 0 aliphatic heterocycles. The van der Waals surface area contributed by atoms with Crippen LogP contribution < -0.4 is 11.1 Å². The molecular formula is C19H26ClN3. The second kappa shape index (κ2) is 7.98. The molecule has 1 aromatic carbocycles. The molecule has 23 heavy (non-hydrogen) atoms. The molecule has 0 saturated carbocycles. The van der Waals surface area contributed by atoms with Gasteiger partial charge in [0.05, 0.1) is 5.52 Å². The highest BCUT2D eigenvalue weighted by Gasteiger charge is 2.18. The normalized spacial score (nSPS) is 14.0. The van der Waals surface area contributed by atoms with Crippen LogP contribution in [0, 0.1) is 0 Å². The highest BCUT2D eigenvalue weighted by atomic mass is 35.5. The number of hydrogen-bond donors (Lipinski definition) is 2. The van der Waals surface area contributed by atoms with E-state index in [0.29, 0.717) is 0 Å². The van der Waals surface area contributed by atoms with Gasteiger partial charge in [0.2, 0.25) is 0 Å². The molecule has 3 N–H and O–H groups in total. The number of aromatic nitrogens is 1. The maximum absolute atomic E-state index is 6.16. The van der Waals surface area contributed by atoms with E-state index in [1.54, 1.807) is 0 Å². The number of aryl methyl sites for hydroxylation is 1. The summed E-state index contributed by atoms with van der Waals surface area (Å²) in [5.74, 6) is 0. The number of anilines is 1. The molecule has 0 unspecified atom stereocenters. The van der Waals surface area contributed by atoms with Crippen LogP contribution in [0.4, 0.5) is 5.69 Å². The smallest absolute Gasteiger partial charge is 0.0741 e. The molecule has 1 aliphatic rings. The predicted molar refractivity (Wildman–Crippen MR) is 99.4 cm³/mol. The average Bonchev–Trinajstić information content (AvgIpc) is 2.56. The number of rotatable bonds is 7. The fourth-order valence-corrected chi connectivity index (χ4v) is 3.60. The van der Waals surface area contributed by atoms with Crippen LogP contribution >= 0.6 is 11.6 Å². The monoisotopic (exact) mass is 331 g/mol. The van der Waals surface area contributed by atoms with Gasteiger partial charge in [0, 0.05) is 28.3 Å². The van der Waals surface area contributed by atoms with Crippen molar-refractivity contribution in [2.45, 2.75) is 51.4 Å². The van der Waals surface area contributed by atoms with Crippen LogP contribution in [0.2, 0.25) is 5.02 Å². The highest BCUT2D eigenvalue weighted by Crippen LogP contribution is 2.34. The largest absolute Gasteiger partial charge is 0.384 e. The first kappa shape index (κ1) is 16.5. The maximum atomic E-state index is 6.16. The third kappa shape index (κ3) is 3.96. The van der Waals surface area contributed by atoms with Gasteiger partial charge in [-0.3, -0.25) is 4.98 Å². The van der Waals surface area contributed by atoms with Crippen molar-refractivity contribution in [1.82, 2.24) is 4.98 Å². The SMILES string of the molecule is NCCCCCCNc1c2c(nc3cc(Cl)ccc13)CCCC2. The van der Waals surface area contributed by atoms with Crippen LogP contribution in [0.3, 0.4) is 0 Å². The first-order valence-corrected chi connectivity index (χ1v) is 9.22. The molecule has 1 heterocycles. The summed E-state index contributed by atoms with van der Waals surface area (Å²) in [5.41, 5.74) is 10.5. The third-order valence-electron chi connectivity index (χ3n) is 4.66. The van der Waals surface area contributed by atoms with E-state index < -0.39 is 0 Å². The summed E-state index contributed by atoms with van der Waals surface area (Å²) in [6.07, 6.45) is 9.51. The van der Waals surface area contributed by atoms with E-state index >= 15 is 0 Å². The van der Waals surface area contributed by atoms with Gasteiger partial charge in [-0.25, -0.2) is 0 Å². The molecule has 0 bridgehead atoms. The molecule has 0 fully saturated rings. The minimum Gasteiger partial charge on any atom is -0.384 e. The summed E-state index contributed by atoms with van der Waals surface area (Å²) < 4.78 is 0. The van der Waals surface area contributed by atoms with Gasteiger partial charge in [-0.2, -0.15) is 0 Å². The number of nitrogens with two attached hydrogens (primary N) is 1. The van der Waals surface area contributed by atoms with E-state index in [-0.39, 0.29) is 0 Å². The Bertz CT molecular complexity index is 669. The fraction of sp³-hybridized carbons (Fsp3) is 0.526. The zero-order valence-electron chi connectivity index (χ0n) is 13.7. The Morgan fingerprint density at radius 1 is 1.09 bits per heavy atom. The molecule has 0 atom stereocenters. The molecular weight excluding hydrogens is 306 g/mol. The van der Waals surface area contributed by atoms with Gasteiger partial charge >= 0.3 is 0 Å². The van der Waals surface area contributed by atoms with Crippen molar-refractivity contribution in [3.8, 4) is 0 Å². The Morgan fingerprint density at radius 2 is 1.91 bits per heavy atom. The van der Waals surface area contributed by atoms with Gasteiger partial charge < -0.3 is 11.1 Å². The molecule has 0 amide bonds. The molecule has 4 heteroatoms. The van der Waals surface area contributed by atoms with Crippen molar-refractivity contribution in [3.05, 3.63) is 34.5 Å². The Morgan fingerprint density at radius 3 is 2.78 bits per heavy atom. The minimum absolute atomic E-state index is 0.758. The Labute approximate surface area is 143 Å². The van der Waals surface area contributed by atoms with Crippen LogP contribution in [0.1, 0.15) is 49.8 Å². The van der Waals surface area contributed by atoms with Crippen molar-refractivity contribution in [2.75, 3.05) is 18.4 Å². The van der Waals surface area contributed by atoms with Gasteiger partial charge in [-0.15, -0.1) is 0 Å². The van der Waals surface area contributed by atoms with E-state index in [2.05, 4.69) is 11.4 Å². The number of nitrogens with zero attached hydrogens (tertiary/aromatic N) is 1. The molecule has 3 rings (SSSR count). The first-order valence-electron chi connectivity index (χ1n) is 8.84. The second-order valence-electron chi connectivity index (χ2n) is 6.41. The lowest BCUT2D eigenvalue weighted by atomic mass is 9.92. The van der Waals surface area contributed by atoms with E-state index in [0.717, 1.165) is 42.9 Å². The Kier molecular flexibility index (Phi) is 5.74. The van der Waals surface area contributed by atoms with Gasteiger partial charge in [-0.05, 0) is 68.8 Å². The average molecular weight is 332 g/mol. The van der Waals surface area contributed by atoms with Crippen LogP contribution in [-0.2, 0) is 12.8 Å². The maximum Gasteiger partial charge on any atom is 0.0741 e. The number of nitrogens with one attached hydrogen (secondary N) is 1. The molecule has 1 aromatic heterocycles. The van der Waals surface area contributed by atoms with Crippen molar-refractivity contribution in [3.63, 3.8) is 0 Å². The van der Waals surface area contributed by atoms with E-state index in [1.807, 2.05) is 12.1 Å². The lowest BCUT2D eigenvalue weighted by molar-refractivity contribution is 0.657. The van der Waals surface area contributed by atoms with Crippen LogP contribution in [0.15, 0.2) is 18.2 Å². The molecule has 0 radical (unpaired) electrons. The summed E-state index contributed by atoms with van der Waals surface area (Å²) in [6, 6.07) is 6.06. The molecule has 3 nitrogen and oxygen atoms in total. The molecule has 0 saturated heterocycles. The number of fused-ring (bicyclic) bond motifs is 2. The molecule has 0 spiro atoms. The topological polar surface area (TPSA) is 50.9 Å². The quantitative estimate of drug-likeness (QED) is 0.723. The zero-order valence-corrected chi connectivity index (χ0v) is 14.5. The molecule has 1 aliphatic carbocycles. The lowest BCUT2D eigenvalue weighted by Crippen LogP contribution is -2.12. The number of benzene rings is 1. The minimum atomic E-state index is 0.758. The van der Waals surface area contributed by atoms with Crippen LogP contribution in [-0.4, -0.2) is 18.1 Å². The predicted octanol–water partition coefficient (Wildman–Crippen LogP) is 4.70. The Balaban J connectivity index is 1.81. The van der Waals surface area contributed by atoms with Crippen molar-refractivity contribution >= 4 is 28.2 Å². The summed E-state index contributed by atoms with van der Waals surface area (Å²) in [5, 5.41) is 5.66. The Hall–Kier alpha value is -1.32. The molecule has 2 aromatic rings. The van der Waals surface area contributed by atoms with Crippen LogP contribution in [0.5, 0.6) is 0 Å². The second-order valence-corrected chi connectivity index (χ2v) is 6.85. The van der Waals surface area contributed by atoms with Crippen LogP contribution in [0.25, 0.3) is 10.9 Å². The molecule has 124 valence electrons. The summed E-state index contributed by atoms with van der Waals surface area (Å²) in [7, 11) is 0. The number of halogens is 1. The number of pyridine rings is 1. The van der Waals surface area contributed by atoms with Gasteiger partial charge in [-0.1, -0.05) is 24.4 Å². The number of hydrogen-bond acceptors (Lipinski definition) is 3. The highest BCUT2D eigenvalue weighted by molar-refractivity contribution is 6.31. The fourth-order valence-electron chi connectivity index (χ4n) is 3.44. The summed E-state index contributed by atoms with van der Waals surface area (Å²) in [4.78, 5) is 4.87.